The first-order valence-electron chi connectivity index (χ1n) is 4.52. The van der Waals surface area contributed by atoms with E-state index in [2.05, 4.69) is 10.1 Å². The zero-order valence-electron chi connectivity index (χ0n) is 8.45. The fraction of sp³-hybridized carbons (Fsp3) is 0.667. The van der Waals surface area contributed by atoms with E-state index < -0.39 is 0 Å². The van der Waals surface area contributed by atoms with E-state index in [9.17, 15) is 4.79 Å². The largest absolute Gasteiger partial charge is 0.384 e. The maximum atomic E-state index is 10.7. The van der Waals surface area contributed by atoms with Crippen LogP contribution in [0.1, 0.15) is 25.1 Å². The minimum Gasteiger partial charge on any atom is -0.384 e. The molecule has 0 saturated heterocycles. The molecule has 0 saturated carbocycles. The summed E-state index contributed by atoms with van der Waals surface area (Å²) >= 11 is 0. The molecule has 0 unspecified atom stereocenters. The number of ether oxygens (including phenoxy) is 1. The average Bonchev–Trinajstić information content (AvgIpc) is 2.59. The van der Waals surface area contributed by atoms with Crippen molar-refractivity contribution < 1.29 is 14.1 Å². The zero-order valence-corrected chi connectivity index (χ0v) is 8.45. The summed E-state index contributed by atoms with van der Waals surface area (Å²) < 4.78 is 9.82. The van der Waals surface area contributed by atoms with Crippen LogP contribution in [0.15, 0.2) is 4.52 Å². The summed E-state index contributed by atoms with van der Waals surface area (Å²) in [4.78, 5) is 14.8. The summed E-state index contributed by atoms with van der Waals surface area (Å²) in [7, 11) is 1.62. The number of aromatic nitrogens is 2. The van der Waals surface area contributed by atoms with Gasteiger partial charge in [0.25, 0.3) is 0 Å². The average molecular weight is 198 g/mol. The number of hydrogen-bond acceptors (Lipinski definition) is 5. The van der Waals surface area contributed by atoms with Crippen LogP contribution in [0.2, 0.25) is 0 Å². The standard InChI is InChI=1S/C9H14N2O3/c1-7(12)3-4-9-10-8(11-14-9)5-6-13-2/h3-6H2,1-2H3. The van der Waals surface area contributed by atoms with Crippen LogP contribution >= 0.6 is 0 Å². The van der Waals surface area contributed by atoms with Crippen molar-refractivity contribution in [2.75, 3.05) is 13.7 Å². The predicted octanol–water partition coefficient (Wildman–Crippen LogP) is 0.780. The van der Waals surface area contributed by atoms with E-state index in [1.165, 1.54) is 0 Å². The van der Waals surface area contributed by atoms with Crippen LogP contribution in [-0.2, 0) is 22.4 Å². The van der Waals surface area contributed by atoms with Crippen LogP contribution < -0.4 is 0 Å². The molecule has 0 aliphatic carbocycles. The highest BCUT2D eigenvalue weighted by Gasteiger charge is 2.06. The molecule has 0 atom stereocenters. The van der Waals surface area contributed by atoms with E-state index in [1.807, 2.05) is 0 Å². The Hall–Kier alpha value is -1.23. The second kappa shape index (κ2) is 5.49. The van der Waals surface area contributed by atoms with Crippen molar-refractivity contribution in [3.63, 3.8) is 0 Å². The van der Waals surface area contributed by atoms with E-state index >= 15 is 0 Å². The highest BCUT2D eigenvalue weighted by atomic mass is 16.5. The van der Waals surface area contributed by atoms with Crippen molar-refractivity contribution in [2.24, 2.45) is 0 Å². The lowest BCUT2D eigenvalue weighted by Gasteiger charge is -1.90. The van der Waals surface area contributed by atoms with Crippen LogP contribution in [0.4, 0.5) is 0 Å². The lowest BCUT2D eigenvalue weighted by Crippen LogP contribution is -1.97. The number of carbonyl (C=O) groups excluding carboxylic acids is 1. The highest BCUT2D eigenvalue weighted by Crippen LogP contribution is 2.02. The SMILES string of the molecule is COCCc1noc(CCC(C)=O)n1. The topological polar surface area (TPSA) is 65.2 Å². The second-order valence-corrected chi connectivity index (χ2v) is 3.05. The number of rotatable bonds is 6. The third kappa shape index (κ3) is 3.66. The van der Waals surface area contributed by atoms with Gasteiger partial charge in [0.1, 0.15) is 5.78 Å². The van der Waals surface area contributed by atoms with Crippen LogP contribution in [0.25, 0.3) is 0 Å². The summed E-state index contributed by atoms with van der Waals surface area (Å²) in [6.45, 7) is 2.12. The Morgan fingerprint density at radius 2 is 2.29 bits per heavy atom. The molecule has 1 rings (SSSR count). The number of aryl methyl sites for hydroxylation is 1. The van der Waals surface area contributed by atoms with Gasteiger partial charge in [-0.1, -0.05) is 5.16 Å². The minimum absolute atomic E-state index is 0.127. The molecule has 5 heteroatoms. The molecule has 0 aliphatic rings. The molecule has 0 aliphatic heterocycles. The molecule has 1 aromatic rings. The van der Waals surface area contributed by atoms with Gasteiger partial charge in [0.15, 0.2) is 5.82 Å². The number of nitrogens with zero attached hydrogens (tertiary/aromatic N) is 2. The van der Waals surface area contributed by atoms with Crippen molar-refractivity contribution in [2.45, 2.75) is 26.2 Å². The Kier molecular flexibility index (Phi) is 4.25. The number of ketones is 1. The van der Waals surface area contributed by atoms with Crippen molar-refractivity contribution in [3.05, 3.63) is 11.7 Å². The monoisotopic (exact) mass is 198 g/mol. The molecule has 1 aromatic heterocycles. The van der Waals surface area contributed by atoms with Gasteiger partial charge in [-0.2, -0.15) is 4.98 Å². The van der Waals surface area contributed by atoms with Gasteiger partial charge in [-0.3, -0.25) is 0 Å². The Morgan fingerprint density at radius 1 is 1.50 bits per heavy atom. The minimum atomic E-state index is 0.127. The van der Waals surface area contributed by atoms with Gasteiger partial charge in [0.05, 0.1) is 6.61 Å². The zero-order chi connectivity index (χ0) is 10.4. The van der Waals surface area contributed by atoms with Crippen LogP contribution in [0.5, 0.6) is 0 Å². The van der Waals surface area contributed by atoms with Gasteiger partial charge in [-0.05, 0) is 6.92 Å². The van der Waals surface area contributed by atoms with Crippen molar-refractivity contribution in [3.8, 4) is 0 Å². The van der Waals surface area contributed by atoms with Gasteiger partial charge in [-0.25, -0.2) is 0 Å². The molecule has 0 spiro atoms. The molecule has 78 valence electrons. The van der Waals surface area contributed by atoms with E-state index in [-0.39, 0.29) is 5.78 Å². The summed E-state index contributed by atoms with van der Waals surface area (Å²) in [5, 5.41) is 3.75. The highest BCUT2D eigenvalue weighted by molar-refractivity contribution is 5.75. The second-order valence-electron chi connectivity index (χ2n) is 3.05. The normalized spacial score (nSPS) is 10.4. The van der Waals surface area contributed by atoms with Gasteiger partial charge in [-0.15, -0.1) is 0 Å². The summed E-state index contributed by atoms with van der Waals surface area (Å²) in [6, 6.07) is 0. The molecule has 0 N–H and O–H groups in total. The fourth-order valence-corrected chi connectivity index (χ4v) is 0.970. The molecule has 0 bridgehead atoms. The Morgan fingerprint density at radius 3 is 2.93 bits per heavy atom. The van der Waals surface area contributed by atoms with E-state index in [0.717, 1.165) is 0 Å². The van der Waals surface area contributed by atoms with E-state index in [4.69, 9.17) is 9.26 Å². The molecule has 0 fully saturated rings. The number of carbonyl (C=O) groups is 1. The molecule has 0 amide bonds. The first-order valence-corrected chi connectivity index (χ1v) is 4.52. The van der Waals surface area contributed by atoms with E-state index in [0.29, 0.717) is 37.6 Å². The smallest absolute Gasteiger partial charge is 0.227 e. The van der Waals surface area contributed by atoms with Crippen LogP contribution in [-0.4, -0.2) is 29.6 Å². The van der Waals surface area contributed by atoms with E-state index in [1.54, 1.807) is 14.0 Å². The maximum absolute atomic E-state index is 10.7. The lowest BCUT2D eigenvalue weighted by molar-refractivity contribution is -0.117. The fourth-order valence-electron chi connectivity index (χ4n) is 0.970. The first kappa shape index (κ1) is 10.8. The molecular weight excluding hydrogens is 184 g/mol. The molecule has 5 nitrogen and oxygen atoms in total. The van der Waals surface area contributed by atoms with Gasteiger partial charge < -0.3 is 14.1 Å². The molecule has 0 radical (unpaired) electrons. The molecular formula is C9H14N2O3. The van der Waals surface area contributed by atoms with Gasteiger partial charge >= 0.3 is 0 Å². The van der Waals surface area contributed by atoms with Crippen LogP contribution in [0, 0.1) is 0 Å². The number of methoxy groups -OCH3 is 1. The molecule has 14 heavy (non-hydrogen) atoms. The quantitative estimate of drug-likeness (QED) is 0.675. The first-order chi connectivity index (χ1) is 6.72. The van der Waals surface area contributed by atoms with Crippen molar-refractivity contribution in [1.82, 2.24) is 10.1 Å². The maximum Gasteiger partial charge on any atom is 0.227 e. The summed E-state index contributed by atoms with van der Waals surface area (Å²) in [5.74, 6) is 1.28. The Balaban J connectivity index is 2.38. The Bertz CT molecular complexity index is 296. The predicted molar refractivity (Wildman–Crippen MR) is 48.9 cm³/mol. The number of hydrogen-bond donors (Lipinski definition) is 0. The van der Waals surface area contributed by atoms with Gasteiger partial charge in [0.2, 0.25) is 5.89 Å². The molecule has 1 heterocycles. The summed E-state index contributed by atoms with van der Waals surface area (Å²) in [6.07, 6.45) is 1.61. The Labute approximate surface area is 82.4 Å². The number of Topliss-reactive ketones (excluding diaryl/α,β-unsaturated/α-hetero) is 1. The van der Waals surface area contributed by atoms with Crippen molar-refractivity contribution >= 4 is 5.78 Å². The summed E-state index contributed by atoms with van der Waals surface area (Å²) in [5.41, 5.74) is 0. The lowest BCUT2D eigenvalue weighted by atomic mass is 10.2. The van der Waals surface area contributed by atoms with Crippen molar-refractivity contribution in [1.29, 1.82) is 0 Å². The third-order valence-corrected chi connectivity index (χ3v) is 1.73. The van der Waals surface area contributed by atoms with Gasteiger partial charge in [0, 0.05) is 26.4 Å². The molecule has 0 aromatic carbocycles. The third-order valence-electron chi connectivity index (χ3n) is 1.73. The van der Waals surface area contributed by atoms with Crippen LogP contribution in [0.3, 0.4) is 0 Å².